The summed E-state index contributed by atoms with van der Waals surface area (Å²) in [6, 6.07) is 3.92. The lowest BCUT2D eigenvalue weighted by molar-refractivity contribution is 0.385. The molecule has 0 amide bonds. The molecule has 0 bridgehead atoms. The first-order chi connectivity index (χ1) is 7.48. The molecule has 16 heavy (non-hydrogen) atoms. The third-order valence-corrected chi connectivity index (χ3v) is 4.04. The van der Waals surface area contributed by atoms with E-state index < -0.39 is 0 Å². The van der Waals surface area contributed by atoms with E-state index in [2.05, 4.69) is 6.92 Å². The zero-order chi connectivity index (χ0) is 11.9. The lowest BCUT2D eigenvalue weighted by Crippen LogP contribution is -2.21. The lowest BCUT2D eigenvalue weighted by Gasteiger charge is -2.22. The van der Waals surface area contributed by atoms with Crippen LogP contribution in [0.3, 0.4) is 0 Å². The molecule has 3 heteroatoms. The van der Waals surface area contributed by atoms with Gasteiger partial charge in [0.15, 0.2) is 0 Å². The van der Waals surface area contributed by atoms with Crippen LogP contribution in [0.4, 0.5) is 0 Å². The summed E-state index contributed by atoms with van der Waals surface area (Å²) in [6.07, 6.45) is 2.37. The standard InChI is InChI=1S/C13H18ClNO/c1-8-6-11(16-3)9(7-10(8)14)12(15)13(2)4-5-13/h6-7,12H,4-5,15H2,1-3H3. The molecule has 1 aromatic carbocycles. The highest BCUT2D eigenvalue weighted by Gasteiger charge is 2.44. The molecule has 0 spiro atoms. The fourth-order valence-corrected chi connectivity index (χ4v) is 2.15. The van der Waals surface area contributed by atoms with Crippen LogP contribution in [0.15, 0.2) is 12.1 Å². The van der Waals surface area contributed by atoms with Crippen LogP contribution < -0.4 is 10.5 Å². The SMILES string of the molecule is COc1cc(C)c(Cl)cc1C(N)C1(C)CC1. The fourth-order valence-electron chi connectivity index (χ4n) is 1.97. The first-order valence-electron chi connectivity index (χ1n) is 5.57. The van der Waals surface area contributed by atoms with Crippen LogP contribution in [0.2, 0.25) is 5.02 Å². The molecule has 88 valence electrons. The molecular formula is C13H18ClNO. The number of benzene rings is 1. The van der Waals surface area contributed by atoms with E-state index in [1.165, 1.54) is 12.8 Å². The Morgan fingerprint density at radius 3 is 2.56 bits per heavy atom. The van der Waals surface area contributed by atoms with Gasteiger partial charge in [-0.15, -0.1) is 0 Å². The first kappa shape index (κ1) is 11.7. The van der Waals surface area contributed by atoms with E-state index in [0.29, 0.717) is 0 Å². The molecule has 1 saturated carbocycles. The maximum atomic E-state index is 6.29. The Labute approximate surface area is 102 Å². The van der Waals surface area contributed by atoms with Crippen molar-refractivity contribution < 1.29 is 4.74 Å². The Balaban J connectivity index is 2.42. The molecule has 1 atom stereocenters. The maximum Gasteiger partial charge on any atom is 0.124 e. The summed E-state index contributed by atoms with van der Waals surface area (Å²) in [6.45, 7) is 4.18. The molecule has 0 radical (unpaired) electrons. The van der Waals surface area contributed by atoms with Gasteiger partial charge in [0.25, 0.3) is 0 Å². The molecular weight excluding hydrogens is 222 g/mol. The number of aryl methyl sites for hydroxylation is 1. The van der Waals surface area contributed by atoms with Gasteiger partial charge in [0, 0.05) is 16.6 Å². The summed E-state index contributed by atoms with van der Waals surface area (Å²) < 4.78 is 5.39. The van der Waals surface area contributed by atoms with Crippen molar-refractivity contribution in [3.05, 3.63) is 28.3 Å². The van der Waals surface area contributed by atoms with Gasteiger partial charge in [-0.3, -0.25) is 0 Å². The predicted molar refractivity (Wildman–Crippen MR) is 67.0 cm³/mol. The van der Waals surface area contributed by atoms with Gasteiger partial charge in [-0.2, -0.15) is 0 Å². The highest BCUT2D eigenvalue weighted by Crippen LogP contribution is 2.54. The van der Waals surface area contributed by atoms with Crippen molar-refractivity contribution in [2.45, 2.75) is 32.7 Å². The number of hydrogen-bond acceptors (Lipinski definition) is 2. The second-order valence-electron chi connectivity index (χ2n) is 4.98. The molecule has 2 rings (SSSR count). The number of halogens is 1. The van der Waals surface area contributed by atoms with Gasteiger partial charge in [0.1, 0.15) is 5.75 Å². The van der Waals surface area contributed by atoms with E-state index in [0.717, 1.165) is 21.9 Å². The summed E-state index contributed by atoms with van der Waals surface area (Å²) in [7, 11) is 1.67. The van der Waals surface area contributed by atoms with Gasteiger partial charge in [-0.1, -0.05) is 18.5 Å². The van der Waals surface area contributed by atoms with Gasteiger partial charge in [0.2, 0.25) is 0 Å². The monoisotopic (exact) mass is 239 g/mol. The predicted octanol–water partition coefficient (Wildman–Crippen LogP) is 3.46. The minimum absolute atomic E-state index is 0.0144. The zero-order valence-electron chi connectivity index (χ0n) is 10.0. The molecule has 1 unspecified atom stereocenters. The second-order valence-corrected chi connectivity index (χ2v) is 5.38. The quantitative estimate of drug-likeness (QED) is 0.877. The number of rotatable bonds is 3. The van der Waals surface area contributed by atoms with E-state index in [4.69, 9.17) is 22.1 Å². The lowest BCUT2D eigenvalue weighted by atomic mass is 9.91. The Kier molecular flexibility index (Phi) is 2.89. The van der Waals surface area contributed by atoms with E-state index in [1.54, 1.807) is 7.11 Å². The third-order valence-electron chi connectivity index (χ3n) is 3.64. The molecule has 2 N–H and O–H groups in total. The molecule has 1 aliphatic rings. The maximum absolute atomic E-state index is 6.29. The van der Waals surface area contributed by atoms with Crippen molar-refractivity contribution in [2.24, 2.45) is 11.1 Å². The minimum Gasteiger partial charge on any atom is -0.496 e. The van der Waals surface area contributed by atoms with E-state index in [-0.39, 0.29) is 11.5 Å². The average Bonchev–Trinajstić information content (AvgIpc) is 3.00. The topological polar surface area (TPSA) is 35.2 Å². The molecule has 0 aliphatic heterocycles. The van der Waals surface area contributed by atoms with Crippen LogP contribution in [-0.2, 0) is 0 Å². The molecule has 1 fully saturated rings. The molecule has 1 aliphatic carbocycles. The number of methoxy groups -OCH3 is 1. The van der Waals surface area contributed by atoms with Crippen LogP contribution in [-0.4, -0.2) is 7.11 Å². The highest BCUT2D eigenvalue weighted by atomic mass is 35.5. The highest BCUT2D eigenvalue weighted by molar-refractivity contribution is 6.31. The van der Waals surface area contributed by atoms with Crippen LogP contribution in [0, 0.1) is 12.3 Å². The largest absolute Gasteiger partial charge is 0.496 e. The Morgan fingerprint density at radius 2 is 2.06 bits per heavy atom. The summed E-state index contributed by atoms with van der Waals surface area (Å²) in [5.41, 5.74) is 8.57. The van der Waals surface area contributed by atoms with Gasteiger partial charge in [-0.05, 0) is 42.9 Å². The smallest absolute Gasteiger partial charge is 0.124 e. The van der Waals surface area contributed by atoms with Gasteiger partial charge >= 0.3 is 0 Å². The number of nitrogens with two attached hydrogens (primary N) is 1. The molecule has 0 aromatic heterocycles. The Hall–Kier alpha value is -0.730. The van der Waals surface area contributed by atoms with E-state index in [9.17, 15) is 0 Å². The van der Waals surface area contributed by atoms with Crippen molar-refractivity contribution >= 4 is 11.6 Å². The second kappa shape index (κ2) is 3.94. The summed E-state index contributed by atoms with van der Waals surface area (Å²) in [5.74, 6) is 0.850. The van der Waals surface area contributed by atoms with Crippen molar-refractivity contribution in [3.8, 4) is 5.75 Å². The summed E-state index contributed by atoms with van der Waals surface area (Å²) >= 11 is 6.15. The normalized spacial score (nSPS) is 19.3. The van der Waals surface area contributed by atoms with Crippen LogP contribution in [0.5, 0.6) is 5.75 Å². The first-order valence-corrected chi connectivity index (χ1v) is 5.95. The van der Waals surface area contributed by atoms with Gasteiger partial charge < -0.3 is 10.5 Å². The van der Waals surface area contributed by atoms with Crippen molar-refractivity contribution in [2.75, 3.05) is 7.11 Å². The summed E-state index contributed by atoms with van der Waals surface area (Å²) in [5, 5.41) is 0.760. The third kappa shape index (κ3) is 1.92. The molecule has 0 saturated heterocycles. The van der Waals surface area contributed by atoms with E-state index in [1.807, 2.05) is 19.1 Å². The number of hydrogen-bond donors (Lipinski definition) is 1. The van der Waals surface area contributed by atoms with Crippen molar-refractivity contribution in [1.82, 2.24) is 0 Å². The number of ether oxygens (including phenoxy) is 1. The summed E-state index contributed by atoms with van der Waals surface area (Å²) in [4.78, 5) is 0. The van der Waals surface area contributed by atoms with Crippen molar-refractivity contribution in [1.29, 1.82) is 0 Å². The van der Waals surface area contributed by atoms with Gasteiger partial charge in [-0.25, -0.2) is 0 Å². The Morgan fingerprint density at radius 1 is 1.44 bits per heavy atom. The Bertz CT molecular complexity index is 413. The zero-order valence-corrected chi connectivity index (χ0v) is 10.8. The molecule has 1 aromatic rings. The van der Waals surface area contributed by atoms with E-state index >= 15 is 0 Å². The fraction of sp³-hybridized carbons (Fsp3) is 0.538. The minimum atomic E-state index is 0.0144. The van der Waals surface area contributed by atoms with Crippen molar-refractivity contribution in [3.63, 3.8) is 0 Å². The van der Waals surface area contributed by atoms with Gasteiger partial charge in [0.05, 0.1) is 7.11 Å². The van der Waals surface area contributed by atoms with Crippen LogP contribution >= 0.6 is 11.6 Å². The average molecular weight is 240 g/mol. The van der Waals surface area contributed by atoms with Crippen LogP contribution in [0.25, 0.3) is 0 Å². The van der Waals surface area contributed by atoms with Crippen LogP contribution in [0.1, 0.15) is 36.9 Å². The molecule has 0 heterocycles. The molecule has 2 nitrogen and oxygen atoms in total.